The first-order chi connectivity index (χ1) is 9.60. The van der Waals surface area contributed by atoms with Crippen LogP contribution in [0.2, 0.25) is 0 Å². The Labute approximate surface area is 119 Å². The standard InChI is InChI=1S/C12H12F3NO4S/c1-8-4-2-3-5-9(8)21(18,19)12(14,15)10(13)6-7-20-11(16)17/h2-6H,7H2,1H3,(H2,16,17)/b10-6-. The third kappa shape index (κ3) is 3.54. The van der Waals surface area contributed by atoms with Crippen LogP contribution in [-0.4, -0.2) is 26.4 Å². The van der Waals surface area contributed by atoms with Gasteiger partial charge in [-0.2, -0.15) is 8.78 Å². The highest BCUT2D eigenvalue weighted by molar-refractivity contribution is 7.92. The first-order valence-electron chi connectivity index (χ1n) is 5.57. The summed E-state index contributed by atoms with van der Waals surface area (Å²) in [5, 5.41) is -4.78. The summed E-state index contributed by atoms with van der Waals surface area (Å²) >= 11 is 0. The van der Waals surface area contributed by atoms with Crippen LogP contribution in [0.5, 0.6) is 0 Å². The minimum Gasteiger partial charge on any atom is -0.445 e. The molecule has 2 N–H and O–H groups in total. The van der Waals surface area contributed by atoms with E-state index in [0.29, 0.717) is 0 Å². The van der Waals surface area contributed by atoms with Gasteiger partial charge in [-0.1, -0.05) is 18.2 Å². The summed E-state index contributed by atoms with van der Waals surface area (Å²) in [5.74, 6) is -2.24. The van der Waals surface area contributed by atoms with Gasteiger partial charge < -0.3 is 10.5 Å². The Bertz CT molecular complexity index is 671. The van der Waals surface area contributed by atoms with Crippen LogP contribution in [-0.2, 0) is 14.6 Å². The number of primary amides is 1. The molecule has 0 heterocycles. The molecule has 0 unspecified atom stereocenters. The molecule has 0 fully saturated rings. The lowest BCUT2D eigenvalue weighted by atomic mass is 10.2. The number of benzene rings is 1. The Morgan fingerprint density at radius 1 is 1.38 bits per heavy atom. The zero-order valence-electron chi connectivity index (χ0n) is 10.8. The van der Waals surface area contributed by atoms with E-state index in [9.17, 15) is 26.4 Å². The van der Waals surface area contributed by atoms with Crippen molar-refractivity contribution in [3.8, 4) is 0 Å². The minimum absolute atomic E-state index is 0.0540. The summed E-state index contributed by atoms with van der Waals surface area (Å²) in [4.78, 5) is 9.55. The normalized spacial score (nSPS) is 13.0. The second kappa shape index (κ2) is 6.17. The third-order valence-electron chi connectivity index (χ3n) is 2.49. The number of rotatable bonds is 5. The monoisotopic (exact) mass is 323 g/mol. The van der Waals surface area contributed by atoms with Crippen LogP contribution < -0.4 is 5.73 Å². The number of halogens is 3. The number of carbonyl (C=O) groups excluding carboxylic acids is 1. The first-order valence-corrected chi connectivity index (χ1v) is 7.05. The zero-order chi connectivity index (χ0) is 16.3. The number of hydrogen-bond donors (Lipinski definition) is 1. The molecule has 116 valence electrons. The maximum absolute atomic E-state index is 13.8. The molecule has 0 radical (unpaired) electrons. The number of sulfone groups is 1. The minimum atomic E-state index is -5.27. The lowest BCUT2D eigenvalue weighted by molar-refractivity contribution is 0.103. The van der Waals surface area contributed by atoms with Crippen LogP contribution in [0.25, 0.3) is 0 Å². The highest BCUT2D eigenvalue weighted by atomic mass is 32.2. The van der Waals surface area contributed by atoms with E-state index in [1.165, 1.54) is 25.1 Å². The number of ether oxygens (including phenoxy) is 1. The lowest BCUT2D eigenvalue weighted by Crippen LogP contribution is -2.30. The molecule has 0 aliphatic carbocycles. The first kappa shape index (κ1) is 17.0. The largest absolute Gasteiger partial charge is 0.445 e. The third-order valence-corrected chi connectivity index (χ3v) is 4.39. The molecule has 0 atom stereocenters. The van der Waals surface area contributed by atoms with Gasteiger partial charge in [-0.3, -0.25) is 0 Å². The van der Waals surface area contributed by atoms with Crippen LogP contribution in [0.4, 0.5) is 18.0 Å². The van der Waals surface area contributed by atoms with E-state index in [4.69, 9.17) is 0 Å². The van der Waals surface area contributed by atoms with Crippen LogP contribution >= 0.6 is 0 Å². The van der Waals surface area contributed by atoms with Gasteiger partial charge in [0.2, 0.25) is 0 Å². The zero-order valence-corrected chi connectivity index (χ0v) is 11.7. The number of nitrogens with two attached hydrogens (primary N) is 1. The van der Waals surface area contributed by atoms with Crippen LogP contribution in [0.3, 0.4) is 0 Å². The van der Waals surface area contributed by atoms with Gasteiger partial charge in [0.05, 0.1) is 4.90 Å². The van der Waals surface area contributed by atoms with E-state index in [1.807, 2.05) is 0 Å². The average molecular weight is 323 g/mol. The van der Waals surface area contributed by atoms with Crippen LogP contribution in [0, 0.1) is 6.92 Å². The van der Waals surface area contributed by atoms with Crippen molar-refractivity contribution in [3.05, 3.63) is 41.7 Å². The van der Waals surface area contributed by atoms with Gasteiger partial charge in [-0.15, -0.1) is 0 Å². The SMILES string of the molecule is Cc1ccccc1S(=O)(=O)C(F)(F)/C(F)=C/COC(N)=O. The smallest absolute Gasteiger partial charge is 0.404 e. The summed E-state index contributed by atoms with van der Waals surface area (Å²) in [7, 11) is -5.27. The fraction of sp³-hybridized carbons (Fsp3) is 0.250. The van der Waals surface area contributed by atoms with Gasteiger partial charge in [-0.05, 0) is 24.6 Å². The van der Waals surface area contributed by atoms with Crippen molar-refractivity contribution in [1.29, 1.82) is 0 Å². The van der Waals surface area contributed by atoms with Gasteiger partial charge in [0.15, 0.2) is 5.83 Å². The quantitative estimate of drug-likeness (QED) is 0.901. The van der Waals surface area contributed by atoms with Gasteiger partial charge in [0, 0.05) is 0 Å². The molecule has 1 amide bonds. The number of alkyl halides is 2. The predicted molar refractivity (Wildman–Crippen MR) is 68.0 cm³/mol. The molecule has 5 nitrogen and oxygen atoms in total. The molecular formula is C12H12F3NO4S. The van der Waals surface area contributed by atoms with Gasteiger partial charge >= 0.3 is 11.3 Å². The highest BCUT2D eigenvalue weighted by Gasteiger charge is 2.51. The van der Waals surface area contributed by atoms with Crippen LogP contribution in [0.15, 0.2) is 41.1 Å². The van der Waals surface area contributed by atoms with Crippen molar-refractivity contribution in [2.75, 3.05) is 6.61 Å². The second-order valence-electron chi connectivity index (χ2n) is 3.97. The van der Waals surface area contributed by atoms with E-state index < -0.39 is 38.5 Å². The predicted octanol–water partition coefficient (Wildman–Crippen LogP) is 2.31. The van der Waals surface area contributed by atoms with Gasteiger partial charge in [0.1, 0.15) is 6.61 Å². The number of carbonyl (C=O) groups is 1. The van der Waals surface area contributed by atoms with Crippen molar-refractivity contribution in [2.24, 2.45) is 5.73 Å². The summed E-state index contributed by atoms with van der Waals surface area (Å²) < 4.78 is 68.8. The van der Waals surface area contributed by atoms with Crippen molar-refractivity contribution in [1.82, 2.24) is 0 Å². The summed E-state index contributed by atoms with van der Waals surface area (Å²) in [6.45, 7) is 0.404. The molecule has 0 aromatic heterocycles. The van der Waals surface area contributed by atoms with E-state index in [0.717, 1.165) is 6.07 Å². The van der Waals surface area contributed by atoms with Crippen molar-refractivity contribution in [2.45, 2.75) is 17.1 Å². The molecule has 0 aliphatic rings. The van der Waals surface area contributed by atoms with E-state index in [1.54, 1.807) is 0 Å². The maximum atomic E-state index is 13.8. The molecule has 1 aromatic rings. The molecule has 0 aliphatic heterocycles. The molecule has 0 spiro atoms. The Morgan fingerprint density at radius 2 is 1.95 bits per heavy atom. The Hall–Kier alpha value is -2.03. The Morgan fingerprint density at radius 3 is 2.48 bits per heavy atom. The van der Waals surface area contributed by atoms with Crippen molar-refractivity contribution in [3.63, 3.8) is 0 Å². The fourth-order valence-electron chi connectivity index (χ4n) is 1.44. The van der Waals surface area contributed by atoms with Crippen molar-refractivity contribution < 1.29 is 31.1 Å². The molecule has 0 saturated carbocycles. The van der Waals surface area contributed by atoms with E-state index in [-0.39, 0.29) is 11.6 Å². The van der Waals surface area contributed by atoms with E-state index >= 15 is 0 Å². The summed E-state index contributed by atoms with van der Waals surface area (Å²) in [5.41, 5.74) is 4.62. The second-order valence-corrected chi connectivity index (χ2v) is 5.93. The van der Waals surface area contributed by atoms with Crippen molar-refractivity contribution >= 4 is 15.9 Å². The summed E-state index contributed by atoms with van der Waals surface area (Å²) in [6, 6.07) is 4.96. The average Bonchev–Trinajstić information content (AvgIpc) is 2.38. The van der Waals surface area contributed by atoms with E-state index in [2.05, 4.69) is 10.5 Å². The summed E-state index contributed by atoms with van der Waals surface area (Å²) in [6.07, 6.45) is -1.16. The number of amides is 1. The molecule has 0 saturated heterocycles. The maximum Gasteiger partial charge on any atom is 0.404 e. The molecular weight excluding hydrogens is 311 g/mol. The van der Waals surface area contributed by atoms with Gasteiger partial charge in [-0.25, -0.2) is 17.6 Å². The molecule has 21 heavy (non-hydrogen) atoms. The van der Waals surface area contributed by atoms with Crippen LogP contribution in [0.1, 0.15) is 5.56 Å². The number of aryl methyl sites for hydroxylation is 1. The van der Waals surface area contributed by atoms with Gasteiger partial charge in [0.25, 0.3) is 9.84 Å². The Kier molecular flexibility index (Phi) is 5.00. The highest BCUT2D eigenvalue weighted by Crippen LogP contribution is 2.37. The molecule has 1 rings (SSSR count). The lowest BCUT2D eigenvalue weighted by Gasteiger charge is -2.16. The number of hydrogen-bond acceptors (Lipinski definition) is 4. The topological polar surface area (TPSA) is 86.5 Å². The molecule has 1 aromatic carbocycles. The molecule has 9 heteroatoms. The Balaban J connectivity index is 3.16. The molecule has 0 bridgehead atoms. The fourth-order valence-corrected chi connectivity index (χ4v) is 2.81.